The summed E-state index contributed by atoms with van der Waals surface area (Å²) < 4.78 is 10.3. The summed E-state index contributed by atoms with van der Waals surface area (Å²) in [5.74, 6) is 0.417. The van der Waals surface area contributed by atoms with Crippen molar-refractivity contribution in [2.75, 3.05) is 20.3 Å². The first-order valence-electron chi connectivity index (χ1n) is 5.94. The molecular weight excluding hydrogens is 244 g/mol. The van der Waals surface area contributed by atoms with Crippen molar-refractivity contribution in [1.29, 1.82) is 0 Å². The molecule has 0 radical (unpaired) electrons. The lowest BCUT2D eigenvalue weighted by molar-refractivity contribution is 0.0966. The van der Waals surface area contributed by atoms with E-state index in [2.05, 4.69) is 16.9 Å². The molecule has 0 aliphatic rings. The van der Waals surface area contributed by atoms with Gasteiger partial charge in [0.25, 0.3) is 11.9 Å². The highest BCUT2D eigenvalue weighted by Crippen LogP contribution is 2.11. The summed E-state index contributed by atoms with van der Waals surface area (Å²) >= 11 is 0. The van der Waals surface area contributed by atoms with E-state index in [4.69, 9.17) is 9.47 Å². The molecular formula is C14H18N2O3. The van der Waals surface area contributed by atoms with Crippen LogP contribution >= 0.6 is 0 Å². The van der Waals surface area contributed by atoms with E-state index in [1.807, 2.05) is 6.92 Å². The first-order valence-corrected chi connectivity index (χ1v) is 5.94. The Balaban J connectivity index is 2.72. The van der Waals surface area contributed by atoms with Gasteiger partial charge in [-0.3, -0.25) is 10.1 Å². The van der Waals surface area contributed by atoms with Crippen LogP contribution in [0.15, 0.2) is 41.9 Å². The molecule has 0 saturated heterocycles. The molecule has 5 heteroatoms. The van der Waals surface area contributed by atoms with E-state index in [9.17, 15) is 4.79 Å². The summed E-state index contributed by atoms with van der Waals surface area (Å²) in [6.07, 6.45) is 1.62. The summed E-state index contributed by atoms with van der Waals surface area (Å²) in [6, 6.07) is 6.98. The molecule has 0 saturated carbocycles. The van der Waals surface area contributed by atoms with Crippen molar-refractivity contribution in [1.82, 2.24) is 5.32 Å². The van der Waals surface area contributed by atoms with Crippen LogP contribution in [-0.2, 0) is 4.74 Å². The van der Waals surface area contributed by atoms with E-state index < -0.39 is 0 Å². The number of nitrogens with one attached hydrogen (secondary N) is 1. The fraction of sp³-hybridized carbons (Fsp3) is 0.286. The lowest BCUT2D eigenvalue weighted by Crippen LogP contribution is -2.32. The van der Waals surface area contributed by atoms with Crippen LogP contribution in [0.2, 0.25) is 0 Å². The number of methoxy groups -OCH3 is 1. The van der Waals surface area contributed by atoms with Gasteiger partial charge in [0.1, 0.15) is 5.75 Å². The molecule has 0 aliphatic carbocycles. The van der Waals surface area contributed by atoms with Crippen LogP contribution in [0.25, 0.3) is 0 Å². The van der Waals surface area contributed by atoms with Gasteiger partial charge in [0.2, 0.25) is 0 Å². The van der Waals surface area contributed by atoms with Crippen LogP contribution in [0.3, 0.4) is 0 Å². The van der Waals surface area contributed by atoms with Gasteiger partial charge in [0.15, 0.2) is 0 Å². The van der Waals surface area contributed by atoms with Gasteiger partial charge in [0, 0.05) is 5.56 Å². The first kappa shape index (κ1) is 14.8. The molecule has 1 N–H and O–H groups in total. The number of aliphatic imine (C=N–C) groups is 1. The van der Waals surface area contributed by atoms with Crippen molar-refractivity contribution in [2.45, 2.75) is 6.92 Å². The number of benzene rings is 1. The van der Waals surface area contributed by atoms with Crippen LogP contribution in [0.4, 0.5) is 0 Å². The predicted octanol–water partition coefficient (Wildman–Crippen LogP) is 2.00. The van der Waals surface area contributed by atoms with E-state index in [0.717, 1.165) is 0 Å². The van der Waals surface area contributed by atoms with Gasteiger partial charge >= 0.3 is 0 Å². The third-order valence-corrected chi connectivity index (χ3v) is 2.22. The Labute approximate surface area is 112 Å². The Hall–Kier alpha value is -2.30. The number of hydrogen-bond acceptors (Lipinski definition) is 4. The number of nitrogens with zero attached hydrogens (tertiary/aromatic N) is 1. The van der Waals surface area contributed by atoms with Crippen LogP contribution in [0.1, 0.15) is 17.3 Å². The predicted molar refractivity (Wildman–Crippen MR) is 74.6 cm³/mol. The SMILES string of the molecule is C=CCN=C(NC(=O)c1ccc(OC)cc1)OCC. The Bertz CT molecular complexity index is 452. The molecule has 0 atom stereocenters. The van der Waals surface area contributed by atoms with E-state index in [1.165, 1.54) is 0 Å². The van der Waals surface area contributed by atoms with E-state index in [0.29, 0.717) is 24.5 Å². The monoisotopic (exact) mass is 262 g/mol. The van der Waals surface area contributed by atoms with E-state index in [1.54, 1.807) is 37.5 Å². The molecule has 0 aliphatic heterocycles. The average molecular weight is 262 g/mol. The van der Waals surface area contributed by atoms with Crippen LogP contribution in [0, 0.1) is 0 Å². The van der Waals surface area contributed by atoms with Gasteiger partial charge < -0.3 is 9.47 Å². The average Bonchev–Trinajstić information content (AvgIpc) is 2.45. The van der Waals surface area contributed by atoms with Crippen molar-refractivity contribution in [3.05, 3.63) is 42.5 Å². The zero-order valence-electron chi connectivity index (χ0n) is 11.2. The molecule has 0 aromatic heterocycles. The molecule has 102 valence electrons. The van der Waals surface area contributed by atoms with Crippen LogP contribution in [0.5, 0.6) is 5.75 Å². The van der Waals surface area contributed by atoms with Gasteiger partial charge in [0.05, 0.1) is 20.3 Å². The Morgan fingerprint density at radius 3 is 2.63 bits per heavy atom. The summed E-state index contributed by atoms with van der Waals surface area (Å²) in [5.41, 5.74) is 0.506. The minimum atomic E-state index is -0.279. The summed E-state index contributed by atoms with van der Waals surface area (Å²) in [6.45, 7) is 6.20. The van der Waals surface area contributed by atoms with E-state index in [-0.39, 0.29) is 11.9 Å². The van der Waals surface area contributed by atoms with Crippen molar-refractivity contribution in [2.24, 2.45) is 4.99 Å². The molecule has 0 spiro atoms. The molecule has 1 aromatic carbocycles. The Morgan fingerprint density at radius 1 is 1.42 bits per heavy atom. The largest absolute Gasteiger partial charge is 0.497 e. The molecule has 1 amide bonds. The highest BCUT2D eigenvalue weighted by atomic mass is 16.5. The van der Waals surface area contributed by atoms with Crippen LogP contribution < -0.4 is 10.1 Å². The van der Waals surface area contributed by atoms with Crippen molar-refractivity contribution < 1.29 is 14.3 Å². The topological polar surface area (TPSA) is 59.9 Å². The number of amidine groups is 1. The molecule has 1 rings (SSSR count). The lowest BCUT2D eigenvalue weighted by atomic mass is 10.2. The van der Waals surface area contributed by atoms with Gasteiger partial charge in [-0.15, -0.1) is 6.58 Å². The zero-order valence-corrected chi connectivity index (χ0v) is 11.2. The fourth-order valence-corrected chi connectivity index (χ4v) is 1.32. The number of rotatable bonds is 5. The normalized spacial score (nSPS) is 10.7. The summed E-state index contributed by atoms with van der Waals surface area (Å²) in [5, 5.41) is 2.61. The Kier molecular flexibility index (Phi) is 6.15. The molecule has 19 heavy (non-hydrogen) atoms. The maximum atomic E-state index is 12.0. The highest BCUT2D eigenvalue weighted by Gasteiger charge is 2.09. The second-order valence-corrected chi connectivity index (χ2v) is 3.55. The fourth-order valence-electron chi connectivity index (χ4n) is 1.32. The first-order chi connectivity index (χ1) is 9.21. The van der Waals surface area contributed by atoms with Gasteiger partial charge in [-0.25, -0.2) is 4.99 Å². The summed E-state index contributed by atoms with van der Waals surface area (Å²) in [7, 11) is 1.57. The molecule has 5 nitrogen and oxygen atoms in total. The highest BCUT2D eigenvalue weighted by molar-refractivity contribution is 6.04. The number of carbonyl (C=O) groups excluding carboxylic acids is 1. The second kappa shape index (κ2) is 7.92. The van der Waals surface area contributed by atoms with Gasteiger partial charge in [-0.2, -0.15) is 0 Å². The van der Waals surface area contributed by atoms with Gasteiger partial charge in [-0.05, 0) is 31.2 Å². The third-order valence-electron chi connectivity index (χ3n) is 2.22. The second-order valence-electron chi connectivity index (χ2n) is 3.55. The number of carbonyl (C=O) groups is 1. The molecule has 0 fully saturated rings. The molecule has 0 bridgehead atoms. The van der Waals surface area contributed by atoms with Crippen molar-refractivity contribution in [3.8, 4) is 5.75 Å². The maximum absolute atomic E-state index is 12.0. The lowest BCUT2D eigenvalue weighted by Gasteiger charge is -2.09. The standard InChI is InChI=1S/C14H18N2O3/c1-4-10-15-14(19-5-2)16-13(17)11-6-8-12(18-3)9-7-11/h4,6-9H,1,5,10H2,2-3H3,(H,15,16,17). The molecule has 0 heterocycles. The zero-order chi connectivity index (χ0) is 14.1. The minimum absolute atomic E-state index is 0.197. The third kappa shape index (κ3) is 4.83. The van der Waals surface area contributed by atoms with E-state index >= 15 is 0 Å². The number of amides is 1. The number of hydrogen-bond donors (Lipinski definition) is 1. The molecule has 0 unspecified atom stereocenters. The van der Waals surface area contributed by atoms with Crippen LogP contribution in [-0.4, -0.2) is 32.2 Å². The maximum Gasteiger partial charge on any atom is 0.291 e. The quantitative estimate of drug-likeness (QED) is 0.501. The number of ether oxygens (including phenoxy) is 2. The Morgan fingerprint density at radius 2 is 2.11 bits per heavy atom. The summed E-state index contributed by atoms with van der Waals surface area (Å²) in [4.78, 5) is 16.0. The smallest absolute Gasteiger partial charge is 0.291 e. The van der Waals surface area contributed by atoms with Gasteiger partial charge in [-0.1, -0.05) is 6.08 Å². The van der Waals surface area contributed by atoms with Crippen molar-refractivity contribution in [3.63, 3.8) is 0 Å². The minimum Gasteiger partial charge on any atom is -0.497 e. The van der Waals surface area contributed by atoms with Crippen molar-refractivity contribution >= 4 is 11.9 Å². The molecule has 1 aromatic rings.